The summed E-state index contributed by atoms with van der Waals surface area (Å²) < 4.78 is 27.0. The molecule has 1 atom stereocenters. The molecule has 1 saturated carbocycles. The van der Waals surface area contributed by atoms with Gasteiger partial charge in [0.1, 0.15) is 0 Å². The van der Waals surface area contributed by atoms with E-state index in [1.165, 1.54) is 6.07 Å². The second-order valence-corrected chi connectivity index (χ2v) is 7.29. The molecule has 0 saturated heterocycles. The Labute approximate surface area is 109 Å². The Hall–Kier alpha value is -1.07. The Morgan fingerprint density at radius 3 is 2.50 bits per heavy atom. The van der Waals surface area contributed by atoms with E-state index in [0.29, 0.717) is 5.69 Å². The molecule has 0 heterocycles. The average molecular weight is 268 g/mol. The molecule has 1 aromatic carbocycles. The summed E-state index contributed by atoms with van der Waals surface area (Å²) in [5, 5.41) is 0. The second-order valence-electron chi connectivity index (χ2n) is 5.58. The van der Waals surface area contributed by atoms with Gasteiger partial charge in [0.05, 0.1) is 4.90 Å². The van der Waals surface area contributed by atoms with Gasteiger partial charge in [-0.15, -0.1) is 0 Å². The molecule has 0 bridgehead atoms. The Kier molecular flexibility index (Phi) is 3.15. The average Bonchev–Trinajstić information content (AvgIpc) is 2.84. The minimum atomic E-state index is -3.45. The highest BCUT2D eigenvalue weighted by atomic mass is 32.2. The summed E-state index contributed by atoms with van der Waals surface area (Å²) in [5.74, 6) is 0. The van der Waals surface area contributed by atoms with Crippen molar-refractivity contribution in [1.29, 1.82) is 0 Å². The van der Waals surface area contributed by atoms with Gasteiger partial charge in [0, 0.05) is 11.7 Å². The van der Waals surface area contributed by atoms with Gasteiger partial charge in [-0.25, -0.2) is 13.1 Å². The molecule has 1 fully saturated rings. The maximum atomic E-state index is 12.2. The first-order chi connectivity index (χ1) is 8.26. The van der Waals surface area contributed by atoms with Crippen LogP contribution in [0.2, 0.25) is 0 Å². The molecule has 0 spiro atoms. The van der Waals surface area contributed by atoms with Gasteiger partial charge in [0.15, 0.2) is 0 Å². The van der Waals surface area contributed by atoms with Crippen LogP contribution >= 0.6 is 0 Å². The summed E-state index contributed by atoms with van der Waals surface area (Å²) in [6, 6.07) is 4.97. The molecule has 18 heavy (non-hydrogen) atoms. The Morgan fingerprint density at radius 2 is 2.06 bits per heavy atom. The number of sulfonamides is 1. The molecule has 4 nitrogen and oxygen atoms in total. The van der Waals surface area contributed by atoms with Crippen molar-refractivity contribution in [2.75, 3.05) is 5.73 Å². The summed E-state index contributed by atoms with van der Waals surface area (Å²) in [5.41, 5.74) is 7.42. The van der Waals surface area contributed by atoms with Gasteiger partial charge in [-0.1, -0.05) is 26.8 Å². The first-order valence-corrected chi connectivity index (χ1v) is 7.65. The van der Waals surface area contributed by atoms with E-state index in [9.17, 15) is 8.42 Å². The molecular weight excluding hydrogens is 248 g/mol. The van der Waals surface area contributed by atoms with E-state index in [-0.39, 0.29) is 16.4 Å². The zero-order valence-electron chi connectivity index (χ0n) is 11.0. The Balaban J connectivity index is 2.23. The van der Waals surface area contributed by atoms with Gasteiger partial charge in [-0.2, -0.15) is 0 Å². The maximum Gasteiger partial charge on any atom is 0.240 e. The quantitative estimate of drug-likeness (QED) is 0.819. The van der Waals surface area contributed by atoms with Crippen LogP contribution < -0.4 is 10.5 Å². The van der Waals surface area contributed by atoms with Gasteiger partial charge in [-0.3, -0.25) is 0 Å². The summed E-state index contributed by atoms with van der Waals surface area (Å²) in [4.78, 5) is 0.250. The van der Waals surface area contributed by atoms with Crippen LogP contribution in [0.15, 0.2) is 23.1 Å². The Bertz CT molecular complexity index is 564. The molecule has 5 heteroatoms. The fourth-order valence-corrected chi connectivity index (χ4v) is 3.43. The standard InChI is InChI=1S/C13H20N2O2S/c1-4-9-5-6-10(7-11(9)14)18(16,17)15-12-8-13(12,2)3/h5-7,12,15H,4,8,14H2,1-3H3. The third-order valence-electron chi connectivity index (χ3n) is 3.62. The van der Waals surface area contributed by atoms with E-state index in [4.69, 9.17) is 5.73 Å². The fraction of sp³-hybridized carbons (Fsp3) is 0.538. The molecule has 1 unspecified atom stereocenters. The molecular formula is C13H20N2O2S. The monoisotopic (exact) mass is 268 g/mol. The number of hydrogen-bond acceptors (Lipinski definition) is 3. The van der Waals surface area contributed by atoms with Crippen molar-refractivity contribution < 1.29 is 8.42 Å². The van der Waals surface area contributed by atoms with E-state index < -0.39 is 10.0 Å². The third kappa shape index (κ3) is 2.52. The lowest BCUT2D eigenvalue weighted by molar-refractivity contribution is 0.555. The Morgan fingerprint density at radius 1 is 1.44 bits per heavy atom. The fourth-order valence-electron chi connectivity index (χ4n) is 1.99. The first kappa shape index (κ1) is 13.4. The van der Waals surface area contributed by atoms with Gasteiger partial charge in [0.2, 0.25) is 10.0 Å². The van der Waals surface area contributed by atoms with Crippen LogP contribution in [0.3, 0.4) is 0 Å². The number of aryl methyl sites for hydroxylation is 1. The smallest absolute Gasteiger partial charge is 0.240 e. The molecule has 100 valence electrons. The van der Waals surface area contributed by atoms with Crippen molar-refractivity contribution >= 4 is 15.7 Å². The highest BCUT2D eigenvalue weighted by Gasteiger charge is 2.47. The van der Waals surface area contributed by atoms with Crippen molar-refractivity contribution in [3.8, 4) is 0 Å². The summed E-state index contributed by atoms with van der Waals surface area (Å²) in [6.45, 7) is 6.09. The van der Waals surface area contributed by atoms with E-state index in [0.717, 1.165) is 18.4 Å². The number of nitrogen functional groups attached to an aromatic ring is 1. The van der Waals surface area contributed by atoms with Crippen LogP contribution in [0.5, 0.6) is 0 Å². The molecule has 1 aliphatic rings. The van der Waals surface area contributed by atoms with E-state index >= 15 is 0 Å². The number of nitrogens with two attached hydrogens (primary N) is 1. The topological polar surface area (TPSA) is 72.2 Å². The molecule has 0 aromatic heterocycles. The zero-order valence-corrected chi connectivity index (χ0v) is 11.8. The number of hydrogen-bond donors (Lipinski definition) is 2. The number of rotatable bonds is 4. The maximum absolute atomic E-state index is 12.2. The van der Waals surface area contributed by atoms with E-state index in [1.54, 1.807) is 12.1 Å². The van der Waals surface area contributed by atoms with Crippen LogP contribution in [-0.4, -0.2) is 14.5 Å². The van der Waals surface area contributed by atoms with Crippen molar-refractivity contribution in [2.45, 2.75) is 44.6 Å². The lowest BCUT2D eigenvalue weighted by atomic mass is 10.1. The summed E-state index contributed by atoms with van der Waals surface area (Å²) in [6.07, 6.45) is 1.68. The van der Waals surface area contributed by atoms with E-state index in [1.807, 2.05) is 6.92 Å². The van der Waals surface area contributed by atoms with Crippen LogP contribution in [0, 0.1) is 5.41 Å². The van der Waals surface area contributed by atoms with Gasteiger partial charge in [0.25, 0.3) is 0 Å². The van der Waals surface area contributed by atoms with Crippen LogP contribution in [0.25, 0.3) is 0 Å². The number of anilines is 1. The molecule has 0 aliphatic heterocycles. The minimum absolute atomic E-state index is 0.0366. The van der Waals surface area contributed by atoms with Crippen molar-refractivity contribution in [2.24, 2.45) is 5.41 Å². The molecule has 0 amide bonds. The van der Waals surface area contributed by atoms with Gasteiger partial charge >= 0.3 is 0 Å². The predicted molar refractivity (Wildman–Crippen MR) is 72.7 cm³/mol. The molecule has 1 aliphatic carbocycles. The van der Waals surface area contributed by atoms with Crippen molar-refractivity contribution in [1.82, 2.24) is 4.72 Å². The van der Waals surface area contributed by atoms with Crippen LogP contribution in [-0.2, 0) is 16.4 Å². The highest BCUT2D eigenvalue weighted by molar-refractivity contribution is 7.89. The lowest BCUT2D eigenvalue weighted by Gasteiger charge is -2.10. The van der Waals surface area contributed by atoms with Crippen molar-refractivity contribution in [3.05, 3.63) is 23.8 Å². The highest BCUT2D eigenvalue weighted by Crippen LogP contribution is 2.45. The number of nitrogens with one attached hydrogen (secondary N) is 1. The van der Waals surface area contributed by atoms with Gasteiger partial charge < -0.3 is 5.73 Å². The zero-order chi connectivity index (χ0) is 13.6. The molecule has 1 aromatic rings. The normalized spacial score (nSPS) is 21.8. The van der Waals surface area contributed by atoms with E-state index in [2.05, 4.69) is 18.6 Å². The minimum Gasteiger partial charge on any atom is -0.398 e. The second kappa shape index (κ2) is 4.24. The molecule has 2 rings (SSSR count). The SMILES string of the molecule is CCc1ccc(S(=O)(=O)NC2CC2(C)C)cc1N. The predicted octanol–water partition coefficient (Wildman–Crippen LogP) is 1.91. The largest absolute Gasteiger partial charge is 0.398 e. The number of benzene rings is 1. The van der Waals surface area contributed by atoms with Crippen LogP contribution in [0.1, 0.15) is 32.8 Å². The van der Waals surface area contributed by atoms with Crippen LogP contribution in [0.4, 0.5) is 5.69 Å². The summed E-state index contributed by atoms with van der Waals surface area (Å²) >= 11 is 0. The van der Waals surface area contributed by atoms with Gasteiger partial charge in [-0.05, 0) is 36.0 Å². The van der Waals surface area contributed by atoms with Crippen molar-refractivity contribution in [3.63, 3.8) is 0 Å². The first-order valence-electron chi connectivity index (χ1n) is 6.17. The third-order valence-corrected chi connectivity index (χ3v) is 5.09. The molecule has 0 radical (unpaired) electrons. The summed E-state index contributed by atoms with van der Waals surface area (Å²) in [7, 11) is -3.45. The lowest BCUT2D eigenvalue weighted by Crippen LogP contribution is -2.28. The molecule has 3 N–H and O–H groups in total.